The van der Waals surface area contributed by atoms with E-state index in [1.165, 1.54) is 6.33 Å². The maximum atomic E-state index is 6.53. The van der Waals surface area contributed by atoms with Crippen LogP contribution in [0.2, 0.25) is 15.2 Å². The Bertz CT molecular complexity index is 903. The van der Waals surface area contributed by atoms with Gasteiger partial charge in [-0.15, -0.1) is 0 Å². The average molecular weight is 383 g/mol. The van der Waals surface area contributed by atoms with E-state index in [-0.39, 0.29) is 0 Å². The highest BCUT2D eigenvalue weighted by Crippen LogP contribution is 2.44. The molecule has 1 atom stereocenters. The van der Waals surface area contributed by atoms with Crippen LogP contribution in [0, 0.1) is 0 Å². The van der Waals surface area contributed by atoms with Crippen molar-refractivity contribution in [2.24, 2.45) is 0 Å². The van der Waals surface area contributed by atoms with Gasteiger partial charge in [0.2, 0.25) is 0 Å². The van der Waals surface area contributed by atoms with Gasteiger partial charge in [-0.3, -0.25) is 0 Å². The van der Waals surface area contributed by atoms with Crippen molar-refractivity contribution in [3.05, 3.63) is 39.7 Å². The van der Waals surface area contributed by atoms with Crippen molar-refractivity contribution in [1.29, 1.82) is 0 Å². The van der Waals surface area contributed by atoms with E-state index in [2.05, 4.69) is 26.9 Å². The van der Waals surface area contributed by atoms with Crippen LogP contribution in [0.3, 0.4) is 0 Å². The summed E-state index contributed by atoms with van der Waals surface area (Å²) in [6.45, 7) is 3.09. The summed E-state index contributed by atoms with van der Waals surface area (Å²) < 4.78 is 1.71. The van der Waals surface area contributed by atoms with Crippen LogP contribution < -0.4 is 4.90 Å². The van der Waals surface area contributed by atoms with Crippen LogP contribution in [0.4, 0.5) is 5.82 Å². The molecule has 0 radical (unpaired) electrons. The van der Waals surface area contributed by atoms with Crippen molar-refractivity contribution >= 4 is 46.4 Å². The van der Waals surface area contributed by atoms with Gasteiger partial charge in [-0.1, -0.05) is 40.9 Å². The Morgan fingerprint density at radius 3 is 2.54 bits per heavy atom. The van der Waals surface area contributed by atoms with Gasteiger partial charge in [0.15, 0.2) is 0 Å². The molecule has 4 rings (SSSR count). The Balaban J connectivity index is 2.09. The molecule has 1 fully saturated rings. The first-order chi connectivity index (χ1) is 11.6. The lowest BCUT2D eigenvalue weighted by Gasteiger charge is -2.27. The molecule has 24 heavy (non-hydrogen) atoms. The van der Waals surface area contributed by atoms with Crippen molar-refractivity contribution < 1.29 is 0 Å². The summed E-state index contributed by atoms with van der Waals surface area (Å²) in [7, 11) is 0. The Labute approximate surface area is 154 Å². The summed E-state index contributed by atoms with van der Waals surface area (Å²) in [5, 5.41) is 5.71. The van der Waals surface area contributed by atoms with E-state index in [1.54, 1.807) is 16.6 Å². The third kappa shape index (κ3) is 2.42. The minimum atomic E-state index is 0.319. The van der Waals surface area contributed by atoms with Crippen molar-refractivity contribution in [3.63, 3.8) is 0 Å². The van der Waals surface area contributed by atoms with Crippen LogP contribution in [0.25, 0.3) is 16.9 Å². The van der Waals surface area contributed by atoms with E-state index in [0.717, 1.165) is 25.2 Å². The molecule has 0 spiro atoms. The second-order valence-electron chi connectivity index (χ2n) is 5.85. The molecule has 0 aliphatic carbocycles. The van der Waals surface area contributed by atoms with Gasteiger partial charge in [0, 0.05) is 18.2 Å². The second kappa shape index (κ2) is 6.06. The fraction of sp³-hybridized carbons (Fsp3) is 0.312. The zero-order valence-corrected chi connectivity index (χ0v) is 15.1. The predicted octanol–water partition coefficient (Wildman–Crippen LogP) is 4.74. The van der Waals surface area contributed by atoms with Gasteiger partial charge < -0.3 is 4.90 Å². The quantitative estimate of drug-likeness (QED) is 0.601. The molecule has 1 aromatic carbocycles. The summed E-state index contributed by atoms with van der Waals surface area (Å²) in [4.78, 5) is 10.8. The Morgan fingerprint density at radius 1 is 1.12 bits per heavy atom. The number of benzene rings is 1. The minimum Gasteiger partial charge on any atom is -0.353 e. The van der Waals surface area contributed by atoms with E-state index in [1.807, 2.05) is 6.07 Å². The lowest BCUT2D eigenvalue weighted by molar-refractivity contribution is 0.713. The molecule has 0 amide bonds. The Kier molecular flexibility index (Phi) is 4.03. The van der Waals surface area contributed by atoms with Crippen LogP contribution >= 0.6 is 34.8 Å². The summed E-state index contributed by atoms with van der Waals surface area (Å²) in [6, 6.07) is 5.75. The zero-order valence-electron chi connectivity index (χ0n) is 12.9. The minimum absolute atomic E-state index is 0.319. The molecule has 1 aliphatic heterocycles. The van der Waals surface area contributed by atoms with Crippen LogP contribution in [-0.4, -0.2) is 32.2 Å². The highest BCUT2D eigenvalue weighted by molar-refractivity contribution is 6.41. The van der Waals surface area contributed by atoms with Crippen LogP contribution in [0.1, 0.15) is 19.8 Å². The molecule has 1 saturated heterocycles. The van der Waals surface area contributed by atoms with Gasteiger partial charge in [-0.2, -0.15) is 19.6 Å². The maximum absolute atomic E-state index is 6.53. The highest BCUT2D eigenvalue weighted by Gasteiger charge is 2.30. The summed E-state index contributed by atoms with van der Waals surface area (Å²) in [5.41, 5.74) is 1.36. The molecule has 0 N–H and O–H groups in total. The van der Waals surface area contributed by atoms with Crippen molar-refractivity contribution in [2.75, 3.05) is 11.4 Å². The SMILES string of the molecule is CC1CCCN1c1c(-c2c(Cl)cccc2Cl)c(Cl)nc2ncnn12. The second-order valence-corrected chi connectivity index (χ2v) is 7.03. The number of rotatable bonds is 2. The Morgan fingerprint density at radius 2 is 1.88 bits per heavy atom. The number of nitrogens with zero attached hydrogens (tertiary/aromatic N) is 5. The number of hydrogen-bond acceptors (Lipinski definition) is 4. The third-order valence-corrected chi connectivity index (χ3v) is 5.30. The molecule has 3 heterocycles. The number of anilines is 1. The van der Waals surface area contributed by atoms with Crippen molar-refractivity contribution in [1.82, 2.24) is 19.6 Å². The molecule has 5 nitrogen and oxygen atoms in total. The summed E-state index contributed by atoms with van der Waals surface area (Å²) >= 11 is 19.4. The standard InChI is InChI=1S/C16H14Cl3N5/c1-9-4-3-7-23(9)15-13(12-10(17)5-2-6-11(12)18)14(19)22-16-20-8-21-24(15)16/h2,5-6,8-9H,3-4,7H2,1H3. The molecular formula is C16H14Cl3N5. The summed E-state index contributed by atoms with van der Waals surface area (Å²) in [5.74, 6) is 1.29. The monoisotopic (exact) mass is 381 g/mol. The maximum Gasteiger partial charge on any atom is 0.255 e. The van der Waals surface area contributed by atoms with Gasteiger partial charge in [-0.05, 0) is 31.9 Å². The molecular weight excluding hydrogens is 369 g/mol. The van der Waals surface area contributed by atoms with E-state index in [9.17, 15) is 0 Å². The normalized spacial score (nSPS) is 17.8. The first kappa shape index (κ1) is 15.9. The largest absolute Gasteiger partial charge is 0.353 e. The third-order valence-electron chi connectivity index (χ3n) is 4.40. The fourth-order valence-electron chi connectivity index (χ4n) is 3.27. The molecule has 1 unspecified atom stereocenters. The van der Waals surface area contributed by atoms with E-state index < -0.39 is 0 Å². The zero-order chi connectivity index (χ0) is 16.8. The van der Waals surface area contributed by atoms with Gasteiger partial charge in [0.25, 0.3) is 5.78 Å². The first-order valence-electron chi connectivity index (χ1n) is 7.68. The molecule has 1 aliphatic rings. The van der Waals surface area contributed by atoms with Crippen LogP contribution in [0.5, 0.6) is 0 Å². The van der Waals surface area contributed by atoms with Crippen molar-refractivity contribution in [2.45, 2.75) is 25.8 Å². The number of fused-ring (bicyclic) bond motifs is 1. The molecule has 8 heteroatoms. The lowest BCUT2D eigenvalue weighted by atomic mass is 10.1. The van der Waals surface area contributed by atoms with Crippen LogP contribution in [-0.2, 0) is 0 Å². The fourth-order valence-corrected chi connectivity index (χ4v) is 4.11. The van der Waals surface area contributed by atoms with Crippen LogP contribution in [0.15, 0.2) is 24.5 Å². The molecule has 124 valence electrons. The molecule has 3 aromatic rings. The van der Waals surface area contributed by atoms with Gasteiger partial charge in [0.05, 0.1) is 15.6 Å². The molecule has 0 saturated carbocycles. The van der Waals surface area contributed by atoms with E-state index >= 15 is 0 Å². The van der Waals surface area contributed by atoms with E-state index in [0.29, 0.717) is 38.1 Å². The molecule has 2 aromatic heterocycles. The lowest BCUT2D eigenvalue weighted by Crippen LogP contribution is -2.29. The van der Waals surface area contributed by atoms with Gasteiger partial charge in [0.1, 0.15) is 17.3 Å². The van der Waals surface area contributed by atoms with Crippen molar-refractivity contribution in [3.8, 4) is 11.1 Å². The number of halogens is 3. The summed E-state index contributed by atoms with van der Waals surface area (Å²) in [6.07, 6.45) is 3.68. The molecule has 0 bridgehead atoms. The highest BCUT2D eigenvalue weighted by atomic mass is 35.5. The predicted molar refractivity (Wildman–Crippen MR) is 97.3 cm³/mol. The van der Waals surface area contributed by atoms with E-state index in [4.69, 9.17) is 34.8 Å². The van der Waals surface area contributed by atoms with Gasteiger partial charge in [-0.25, -0.2) is 0 Å². The van der Waals surface area contributed by atoms with Gasteiger partial charge >= 0.3 is 0 Å². The number of aromatic nitrogens is 4. The Hall–Kier alpha value is -1.56. The first-order valence-corrected chi connectivity index (χ1v) is 8.81. The number of hydrogen-bond donors (Lipinski definition) is 0. The smallest absolute Gasteiger partial charge is 0.255 e. The average Bonchev–Trinajstić information content (AvgIpc) is 3.16. The topological polar surface area (TPSA) is 46.3 Å².